The van der Waals surface area contributed by atoms with Crippen LogP contribution in [0.15, 0.2) is 6.07 Å². The molecule has 0 spiro atoms. The predicted octanol–water partition coefficient (Wildman–Crippen LogP) is 2.96. The second-order valence-electron chi connectivity index (χ2n) is 2.40. The van der Waals surface area contributed by atoms with Gasteiger partial charge in [-0.1, -0.05) is 11.6 Å². The Morgan fingerprint density at radius 3 is 2.31 bits per heavy atom. The molecule has 0 heterocycles. The van der Waals surface area contributed by atoms with Crippen LogP contribution < -0.4 is 0 Å². The van der Waals surface area contributed by atoms with E-state index in [1.165, 1.54) is 0 Å². The van der Waals surface area contributed by atoms with Crippen molar-refractivity contribution >= 4 is 17.4 Å². The number of carbonyl (C=O) groups is 1. The summed E-state index contributed by atoms with van der Waals surface area (Å²) in [6, 6.07) is 0.377. The number of hydrogen-bond donors (Lipinski definition) is 0. The molecule has 5 heteroatoms. The first-order valence-corrected chi connectivity index (χ1v) is 3.67. The van der Waals surface area contributed by atoms with Gasteiger partial charge in [-0.25, -0.2) is 13.2 Å². The number of carbonyl (C=O) groups excluding carboxylic acids is 1. The molecule has 1 rings (SSSR count). The second kappa shape index (κ2) is 3.38. The minimum atomic E-state index is -1.35. The molecule has 1 aromatic rings. The van der Waals surface area contributed by atoms with Crippen molar-refractivity contribution in [2.75, 3.05) is 0 Å². The maximum atomic E-state index is 12.9. The Morgan fingerprint density at radius 1 is 1.31 bits per heavy atom. The lowest BCUT2D eigenvalue weighted by Gasteiger charge is -2.02. The molecule has 0 aliphatic heterocycles. The van der Waals surface area contributed by atoms with Crippen LogP contribution >= 0.6 is 11.6 Å². The average molecular weight is 209 g/mol. The van der Waals surface area contributed by atoms with Gasteiger partial charge in [0.2, 0.25) is 0 Å². The Morgan fingerprint density at radius 2 is 1.85 bits per heavy atom. The lowest BCUT2D eigenvalue weighted by Crippen LogP contribution is -2.03. The fraction of sp³-hybridized carbons (Fsp3) is 0.125. The zero-order chi connectivity index (χ0) is 10.2. The molecule has 0 atom stereocenters. The van der Waals surface area contributed by atoms with Crippen molar-refractivity contribution in [3.63, 3.8) is 0 Å². The summed E-state index contributed by atoms with van der Waals surface area (Å²) in [5.74, 6) is -4.66. The van der Waals surface area contributed by atoms with Gasteiger partial charge in [0.05, 0.1) is 5.56 Å². The first kappa shape index (κ1) is 10.1. The fourth-order valence-electron chi connectivity index (χ4n) is 0.889. The van der Waals surface area contributed by atoms with Crippen LogP contribution in [0.5, 0.6) is 0 Å². The summed E-state index contributed by atoms with van der Waals surface area (Å²) in [5.41, 5.74) is -0.814. The number of ketones is 1. The van der Waals surface area contributed by atoms with Gasteiger partial charge < -0.3 is 0 Å². The molecule has 0 saturated carbocycles. The number of benzene rings is 1. The van der Waals surface area contributed by atoms with Crippen molar-refractivity contribution in [3.05, 3.63) is 34.1 Å². The van der Waals surface area contributed by atoms with Gasteiger partial charge in [0.1, 0.15) is 16.7 Å². The van der Waals surface area contributed by atoms with Crippen molar-refractivity contribution in [2.45, 2.75) is 6.92 Å². The smallest absolute Gasteiger partial charge is 0.165 e. The molecule has 0 saturated heterocycles. The highest BCUT2D eigenvalue weighted by atomic mass is 35.5. The quantitative estimate of drug-likeness (QED) is 0.394. The zero-order valence-corrected chi connectivity index (χ0v) is 7.25. The van der Waals surface area contributed by atoms with Gasteiger partial charge in [-0.15, -0.1) is 0 Å². The van der Waals surface area contributed by atoms with E-state index in [2.05, 4.69) is 0 Å². The van der Waals surface area contributed by atoms with Crippen LogP contribution in [0.25, 0.3) is 0 Å². The minimum absolute atomic E-state index is 0.377. The molecule has 0 bridgehead atoms. The van der Waals surface area contributed by atoms with E-state index in [-0.39, 0.29) is 0 Å². The van der Waals surface area contributed by atoms with E-state index < -0.39 is 33.8 Å². The monoisotopic (exact) mass is 208 g/mol. The highest BCUT2D eigenvalue weighted by molar-refractivity contribution is 6.31. The third-order valence-electron chi connectivity index (χ3n) is 1.47. The van der Waals surface area contributed by atoms with E-state index in [0.717, 1.165) is 6.92 Å². The summed E-state index contributed by atoms with van der Waals surface area (Å²) in [6.07, 6.45) is 0. The van der Waals surface area contributed by atoms with E-state index in [4.69, 9.17) is 11.6 Å². The van der Waals surface area contributed by atoms with Gasteiger partial charge in [-0.3, -0.25) is 4.79 Å². The Hall–Kier alpha value is -1.03. The Bertz CT molecular complexity index is 376. The Balaban J connectivity index is 3.53. The molecular weight excluding hydrogens is 205 g/mol. The topological polar surface area (TPSA) is 17.1 Å². The van der Waals surface area contributed by atoms with Crippen molar-refractivity contribution in [2.24, 2.45) is 0 Å². The van der Waals surface area contributed by atoms with Gasteiger partial charge in [-0.05, 0) is 6.92 Å². The summed E-state index contributed by atoms with van der Waals surface area (Å²) in [6.45, 7) is 0.968. The van der Waals surface area contributed by atoms with Crippen LogP contribution in [0.3, 0.4) is 0 Å². The van der Waals surface area contributed by atoms with E-state index >= 15 is 0 Å². The maximum absolute atomic E-state index is 12.9. The molecule has 0 aromatic heterocycles. The zero-order valence-electron chi connectivity index (χ0n) is 6.50. The maximum Gasteiger partial charge on any atom is 0.165 e. The molecule has 0 fully saturated rings. The molecule has 0 amide bonds. The van der Waals surface area contributed by atoms with Gasteiger partial charge in [-0.2, -0.15) is 0 Å². The number of rotatable bonds is 1. The molecule has 0 radical (unpaired) electrons. The Kier molecular flexibility index (Phi) is 2.61. The minimum Gasteiger partial charge on any atom is -0.294 e. The molecular formula is C8H4ClF3O. The molecule has 0 aliphatic carbocycles. The standard InChI is InChI=1S/C8H4ClF3O/c1-3(13)6-4(10)2-5(11)7(9)8(6)12/h2H,1H3. The first-order valence-electron chi connectivity index (χ1n) is 3.29. The van der Waals surface area contributed by atoms with Crippen molar-refractivity contribution in [1.29, 1.82) is 0 Å². The highest BCUT2D eigenvalue weighted by Crippen LogP contribution is 2.24. The first-order chi connectivity index (χ1) is 5.95. The van der Waals surface area contributed by atoms with Crippen LogP contribution in [0.4, 0.5) is 13.2 Å². The van der Waals surface area contributed by atoms with E-state index in [9.17, 15) is 18.0 Å². The van der Waals surface area contributed by atoms with Crippen LogP contribution in [-0.4, -0.2) is 5.78 Å². The van der Waals surface area contributed by atoms with E-state index in [1.54, 1.807) is 0 Å². The van der Waals surface area contributed by atoms with Gasteiger partial charge in [0, 0.05) is 6.07 Å². The van der Waals surface area contributed by atoms with Crippen LogP contribution in [0.2, 0.25) is 5.02 Å². The van der Waals surface area contributed by atoms with E-state index in [0.29, 0.717) is 6.07 Å². The van der Waals surface area contributed by atoms with Crippen LogP contribution in [0, 0.1) is 17.5 Å². The molecule has 1 nitrogen and oxygen atoms in total. The summed E-state index contributed by atoms with van der Waals surface area (Å²) in [4.78, 5) is 10.7. The third-order valence-corrected chi connectivity index (χ3v) is 1.81. The van der Waals surface area contributed by atoms with Crippen LogP contribution in [0.1, 0.15) is 17.3 Å². The van der Waals surface area contributed by atoms with Crippen LogP contribution in [-0.2, 0) is 0 Å². The van der Waals surface area contributed by atoms with Crippen molar-refractivity contribution < 1.29 is 18.0 Å². The fourth-order valence-corrected chi connectivity index (χ4v) is 1.04. The molecule has 70 valence electrons. The number of hydrogen-bond acceptors (Lipinski definition) is 1. The molecule has 13 heavy (non-hydrogen) atoms. The largest absolute Gasteiger partial charge is 0.294 e. The number of Topliss-reactive ketones (excluding diaryl/α,β-unsaturated/α-hetero) is 1. The second-order valence-corrected chi connectivity index (χ2v) is 2.78. The molecule has 0 unspecified atom stereocenters. The third kappa shape index (κ3) is 1.67. The summed E-state index contributed by atoms with van der Waals surface area (Å²) in [7, 11) is 0. The van der Waals surface area contributed by atoms with E-state index in [1.807, 2.05) is 0 Å². The van der Waals surface area contributed by atoms with Gasteiger partial charge >= 0.3 is 0 Å². The number of halogens is 4. The molecule has 0 N–H and O–H groups in total. The lowest BCUT2D eigenvalue weighted by molar-refractivity contribution is 0.100. The molecule has 0 aliphatic rings. The summed E-state index contributed by atoms with van der Waals surface area (Å²) in [5, 5.41) is -0.869. The van der Waals surface area contributed by atoms with Crippen molar-refractivity contribution in [1.82, 2.24) is 0 Å². The highest BCUT2D eigenvalue weighted by Gasteiger charge is 2.20. The van der Waals surface area contributed by atoms with Gasteiger partial charge in [0.15, 0.2) is 11.6 Å². The average Bonchev–Trinajstić information content (AvgIpc) is 1.99. The van der Waals surface area contributed by atoms with Crippen molar-refractivity contribution in [3.8, 4) is 0 Å². The summed E-state index contributed by atoms with van der Waals surface area (Å²) < 4.78 is 38.3. The molecule has 1 aromatic carbocycles. The lowest BCUT2D eigenvalue weighted by atomic mass is 10.1. The SMILES string of the molecule is CC(=O)c1c(F)cc(F)c(Cl)c1F. The normalized spacial score (nSPS) is 10.2. The Labute approximate surface area is 77.1 Å². The predicted molar refractivity (Wildman–Crippen MR) is 41.3 cm³/mol. The summed E-state index contributed by atoms with van der Waals surface area (Å²) >= 11 is 5.13. The van der Waals surface area contributed by atoms with Gasteiger partial charge in [0.25, 0.3) is 0 Å².